The van der Waals surface area contributed by atoms with Gasteiger partial charge in [-0.3, -0.25) is 9.69 Å². The standard InChI is InChI=1S/C21H25N3O3/c1-14-8-17-11-24(12-18(17)9-15(14)2)13-20(25)23-22-10-16-6-5-7-19(26-3)21(16)27-4/h5-10H,11-13H2,1-4H3,(H,23,25)/b22-10-. The molecule has 0 aliphatic carbocycles. The summed E-state index contributed by atoms with van der Waals surface area (Å²) >= 11 is 0. The van der Waals surface area contributed by atoms with Gasteiger partial charge >= 0.3 is 0 Å². The number of amides is 1. The fraction of sp³-hybridized carbons (Fsp3) is 0.333. The van der Waals surface area contributed by atoms with Crippen molar-refractivity contribution < 1.29 is 14.3 Å². The lowest BCUT2D eigenvalue weighted by atomic mass is 10.0. The van der Waals surface area contributed by atoms with Gasteiger partial charge in [-0.2, -0.15) is 5.10 Å². The summed E-state index contributed by atoms with van der Waals surface area (Å²) < 4.78 is 10.6. The van der Waals surface area contributed by atoms with Crippen LogP contribution >= 0.6 is 0 Å². The highest BCUT2D eigenvalue weighted by atomic mass is 16.5. The number of carbonyl (C=O) groups excluding carboxylic acids is 1. The predicted molar refractivity (Wildman–Crippen MR) is 105 cm³/mol. The Kier molecular flexibility index (Phi) is 5.76. The Balaban J connectivity index is 1.57. The van der Waals surface area contributed by atoms with Crippen LogP contribution in [0.5, 0.6) is 11.5 Å². The number of fused-ring (bicyclic) bond motifs is 1. The molecule has 0 fully saturated rings. The monoisotopic (exact) mass is 367 g/mol. The highest BCUT2D eigenvalue weighted by Crippen LogP contribution is 2.29. The van der Waals surface area contributed by atoms with Gasteiger partial charge in [0.1, 0.15) is 0 Å². The van der Waals surface area contributed by atoms with Crippen molar-refractivity contribution in [3.8, 4) is 11.5 Å². The Morgan fingerprint density at radius 1 is 1.15 bits per heavy atom. The first-order chi connectivity index (χ1) is 13.0. The van der Waals surface area contributed by atoms with Crippen LogP contribution in [-0.2, 0) is 17.9 Å². The van der Waals surface area contributed by atoms with Gasteiger partial charge < -0.3 is 9.47 Å². The number of nitrogens with zero attached hydrogens (tertiary/aromatic N) is 2. The minimum absolute atomic E-state index is 0.144. The number of benzene rings is 2. The van der Waals surface area contributed by atoms with Crippen LogP contribution in [0.3, 0.4) is 0 Å². The van der Waals surface area contributed by atoms with Gasteiger partial charge in [0, 0.05) is 18.7 Å². The maximum Gasteiger partial charge on any atom is 0.254 e. The fourth-order valence-electron chi connectivity index (χ4n) is 3.31. The molecule has 0 saturated carbocycles. The van der Waals surface area contributed by atoms with Crippen LogP contribution in [0.25, 0.3) is 0 Å². The molecule has 2 aromatic carbocycles. The number of methoxy groups -OCH3 is 2. The number of hydrogen-bond donors (Lipinski definition) is 1. The maximum absolute atomic E-state index is 12.2. The van der Waals surface area contributed by atoms with Crippen LogP contribution in [0.1, 0.15) is 27.8 Å². The Bertz CT molecular complexity index is 846. The Labute approximate surface area is 159 Å². The van der Waals surface area contributed by atoms with Gasteiger partial charge in [0.05, 0.1) is 27.0 Å². The van der Waals surface area contributed by atoms with Gasteiger partial charge in [-0.1, -0.05) is 18.2 Å². The van der Waals surface area contributed by atoms with E-state index in [2.05, 4.69) is 41.4 Å². The molecule has 6 nitrogen and oxygen atoms in total. The third-order valence-electron chi connectivity index (χ3n) is 4.80. The lowest BCUT2D eigenvalue weighted by Gasteiger charge is -2.13. The van der Waals surface area contributed by atoms with Crippen molar-refractivity contribution in [2.45, 2.75) is 26.9 Å². The molecule has 1 N–H and O–H groups in total. The molecule has 1 heterocycles. The van der Waals surface area contributed by atoms with E-state index in [0.29, 0.717) is 18.0 Å². The van der Waals surface area contributed by atoms with Crippen LogP contribution in [-0.4, -0.2) is 37.8 Å². The molecule has 0 spiro atoms. The van der Waals surface area contributed by atoms with E-state index in [9.17, 15) is 4.79 Å². The number of para-hydroxylation sites is 1. The Morgan fingerprint density at radius 2 is 1.81 bits per heavy atom. The van der Waals surface area contributed by atoms with E-state index in [1.54, 1.807) is 20.4 Å². The highest BCUT2D eigenvalue weighted by molar-refractivity contribution is 5.86. The molecule has 27 heavy (non-hydrogen) atoms. The van der Waals surface area contributed by atoms with E-state index < -0.39 is 0 Å². The van der Waals surface area contributed by atoms with Gasteiger partial charge in [-0.15, -0.1) is 0 Å². The molecule has 6 heteroatoms. The van der Waals surface area contributed by atoms with Crippen molar-refractivity contribution in [1.29, 1.82) is 0 Å². The van der Waals surface area contributed by atoms with Gasteiger partial charge in [0.15, 0.2) is 11.5 Å². The van der Waals surface area contributed by atoms with Crippen LogP contribution in [0.2, 0.25) is 0 Å². The number of hydrazone groups is 1. The lowest BCUT2D eigenvalue weighted by Crippen LogP contribution is -2.32. The number of nitrogens with one attached hydrogen (secondary N) is 1. The van der Waals surface area contributed by atoms with Gasteiger partial charge in [-0.05, 0) is 48.2 Å². The second-order valence-electron chi connectivity index (χ2n) is 6.73. The molecule has 0 aromatic heterocycles. The minimum atomic E-state index is -0.144. The van der Waals surface area contributed by atoms with E-state index >= 15 is 0 Å². The number of ether oxygens (including phenoxy) is 2. The van der Waals surface area contributed by atoms with E-state index in [1.165, 1.54) is 22.3 Å². The van der Waals surface area contributed by atoms with E-state index in [4.69, 9.17) is 9.47 Å². The average molecular weight is 367 g/mol. The molecule has 2 aromatic rings. The maximum atomic E-state index is 12.2. The molecule has 0 radical (unpaired) electrons. The van der Waals surface area contributed by atoms with E-state index in [-0.39, 0.29) is 5.91 Å². The second kappa shape index (κ2) is 8.22. The summed E-state index contributed by atoms with van der Waals surface area (Å²) in [7, 11) is 3.15. The van der Waals surface area contributed by atoms with Crippen LogP contribution in [0, 0.1) is 13.8 Å². The molecule has 1 aliphatic rings. The molecule has 1 amide bonds. The SMILES string of the molecule is COc1cccc(/C=N\NC(=O)CN2Cc3cc(C)c(C)cc3C2)c1OC. The van der Waals surface area contributed by atoms with Crippen molar-refractivity contribution in [2.24, 2.45) is 5.10 Å². The van der Waals surface area contributed by atoms with Crippen LogP contribution < -0.4 is 14.9 Å². The predicted octanol–water partition coefficient (Wildman–Crippen LogP) is 2.79. The molecule has 0 saturated heterocycles. The van der Waals surface area contributed by atoms with Gasteiger partial charge in [0.2, 0.25) is 0 Å². The van der Waals surface area contributed by atoms with E-state index in [0.717, 1.165) is 18.7 Å². The Hall–Kier alpha value is -2.86. The fourth-order valence-corrected chi connectivity index (χ4v) is 3.31. The first kappa shape index (κ1) is 18.9. The molecule has 0 atom stereocenters. The molecule has 0 bridgehead atoms. The van der Waals surface area contributed by atoms with Crippen LogP contribution in [0.4, 0.5) is 0 Å². The summed E-state index contributed by atoms with van der Waals surface area (Å²) in [5, 5.41) is 4.06. The zero-order chi connectivity index (χ0) is 19.4. The molecule has 0 unspecified atom stereocenters. The first-order valence-electron chi connectivity index (χ1n) is 8.86. The van der Waals surface area contributed by atoms with Crippen molar-refractivity contribution in [2.75, 3.05) is 20.8 Å². The summed E-state index contributed by atoms with van der Waals surface area (Å²) in [6.45, 7) is 6.12. The molecular weight excluding hydrogens is 342 g/mol. The van der Waals surface area contributed by atoms with Crippen molar-refractivity contribution in [1.82, 2.24) is 10.3 Å². The van der Waals surface area contributed by atoms with E-state index in [1.807, 2.05) is 18.2 Å². The number of hydrogen-bond acceptors (Lipinski definition) is 5. The number of aryl methyl sites for hydroxylation is 2. The molecular formula is C21H25N3O3. The van der Waals surface area contributed by atoms with Crippen LogP contribution in [0.15, 0.2) is 35.4 Å². The highest BCUT2D eigenvalue weighted by Gasteiger charge is 2.21. The molecule has 142 valence electrons. The quantitative estimate of drug-likeness (QED) is 0.630. The number of carbonyl (C=O) groups is 1. The summed E-state index contributed by atoms with van der Waals surface area (Å²) in [5.41, 5.74) is 8.50. The lowest BCUT2D eigenvalue weighted by molar-refractivity contribution is -0.122. The van der Waals surface area contributed by atoms with Gasteiger partial charge in [-0.25, -0.2) is 5.43 Å². The summed E-state index contributed by atoms with van der Waals surface area (Å²) in [4.78, 5) is 14.3. The van der Waals surface area contributed by atoms with Crippen molar-refractivity contribution in [3.05, 3.63) is 58.1 Å². The zero-order valence-corrected chi connectivity index (χ0v) is 16.2. The largest absolute Gasteiger partial charge is 0.493 e. The minimum Gasteiger partial charge on any atom is -0.493 e. The van der Waals surface area contributed by atoms with Gasteiger partial charge in [0.25, 0.3) is 5.91 Å². The van der Waals surface area contributed by atoms with Crippen molar-refractivity contribution >= 4 is 12.1 Å². The third kappa shape index (κ3) is 4.28. The Morgan fingerprint density at radius 3 is 2.41 bits per heavy atom. The third-order valence-corrected chi connectivity index (χ3v) is 4.80. The zero-order valence-electron chi connectivity index (χ0n) is 16.2. The first-order valence-corrected chi connectivity index (χ1v) is 8.86. The van der Waals surface area contributed by atoms with Crippen molar-refractivity contribution in [3.63, 3.8) is 0 Å². The number of rotatable bonds is 6. The average Bonchev–Trinajstić information content (AvgIpc) is 3.02. The summed E-state index contributed by atoms with van der Waals surface area (Å²) in [5.74, 6) is 1.06. The molecule has 3 rings (SSSR count). The topological polar surface area (TPSA) is 63.2 Å². The summed E-state index contributed by atoms with van der Waals surface area (Å²) in [6.07, 6.45) is 1.56. The summed E-state index contributed by atoms with van der Waals surface area (Å²) in [6, 6.07) is 9.93. The normalized spacial score (nSPS) is 13.6. The smallest absolute Gasteiger partial charge is 0.254 e. The second-order valence-corrected chi connectivity index (χ2v) is 6.73. The molecule has 1 aliphatic heterocycles.